The molecule has 1 aromatic carbocycles. The smallest absolute Gasteiger partial charge is 0.456 e. The minimum absolute atomic E-state index is 0.148. The number of hydrogen-bond acceptors (Lipinski definition) is 4. The number of hydrogen-bond donors (Lipinski definition) is 0. The molecule has 1 heterocycles. The van der Waals surface area contributed by atoms with Crippen LogP contribution in [0.5, 0.6) is 0 Å². The summed E-state index contributed by atoms with van der Waals surface area (Å²) >= 11 is 0. The SMILES string of the molecule is CC(C)(C)OOCC[N+]1(CC(=O)OC(C)(C)C)CC1Cc1ccccc1.F[B-](F)(F)F. The van der Waals surface area contributed by atoms with Crippen molar-refractivity contribution in [2.45, 2.75) is 65.2 Å². The molecular formula is C21H34BF4NO4. The Morgan fingerprint density at radius 2 is 1.58 bits per heavy atom. The molecule has 0 spiro atoms. The quantitative estimate of drug-likeness (QED) is 0.0832. The second-order valence-electron chi connectivity index (χ2n) is 9.73. The summed E-state index contributed by atoms with van der Waals surface area (Å²) in [6.45, 7) is 14.1. The molecule has 2 atom stereocenters. The molecule has 1 saturated heterocycles. The van der Waals surface area contributed by atoms with Crippen molar-refractivity contribution in [1.82, 2.24) is 0 Å². The van der Waals surface area contributed by atoms with E-state index in [4.69, 9.17) is 14.5 Å². The summed E-state index contributed by atoms with van der Waals surface area (Å²) in [6, 6.07) is 10.8. The molecule has 0 saturated carbocycles. The minimum atomic E-state index is -6.00. The lowest BCUT2D eigenvalue weighted by molar-refractivity contribution is -0.808. The fraction of sp³-hybridized carbons (Fsp3) is 0.667. The molecule has 0 aromatic heterocycles. The Kier molecular flexibility index (Phi) is 9.53. The lowest BCUT2D eigenvalue weighted by atomic mass is 10.1. The van der Waals surface area contributed by atoms with Gasteiger partial charge < -0.3 is 26.5 Å². The number of rotatable bonds is 8. The van der Waals surface area contributed by atoms with Crippen molar-refractivity contribution in [2.75, 3.05) is 26.2 Å². The van der Waals surface area contributed by atoms with Gasteiger partial charge in [-0.15, -0.1) is 0 Å². The molecule has 5 nitrogen and oxygen atoms in total. The number of carbonyl (C=O) groups is 1. The molecule has 1 aliphatic rings. The minimum Gasteiger partial charge on any atom is -0.456 e. The Hall–Kier alpha value is -1.65. The first-order chi connectivity index (χ1) is 14.0. The van der Waals surface area contributed by atoms with Crippen molar-refractivity contribution >= 4 is 13.2 Å². The van der Waals surface area contributed by atoms with Crippen molar-refractivity contribution in [1.29, 1.82) is 0 Å². The molecule has 31 heavy (non-hydrogen) atoms. The molecule has 178 valence electrons. The third-order valence-electron chi connectivity index (χ3n) is 4.32. The van der Waals surface area contributed by atoms with Crippen LogP contribution in [0.25, 0.3) is 0 Å². The second kappa shape index (κ2) is 10.8. The van der Waals surface area contributed by atoms with E-state index in [1.54, 1.807) is 0 Å². The summed E-state index contributed by atoms with van der Waals surface area (Å²) < 4.78 is 45.3. The zero-order chi connectivity index (χ0) is 23.9. The van der Waals surface area contributed by atoms with Crippen LogP contribution in [0.1, 0.15) is 47.1 Å². The summed E-state index contributed by atoms with van der Waals surface area (Å²) in [4.78, 5) is 23.1. The molecule has 1 fully saturated rings. The molecule has 1 aliphatic heterocycles. The fourth-order valence-corrected chi connectivity index (χ4v) is 3.13. The Morgan fingerprint density at radius 1 is 1.03 bits per heavy atom. The monoisotopic (exact) mass is 451 g/mol. The average molecular weight is 451 g/mol. The maximum Gasteiger partial charge on any atom is 0.673 e. The standard InChI is InChI=1S/C21H34NO4.BF4/c1-20(2,3)25-19(23)16-22(12-13-24-26-21(4,5)6)15-18(22)14-17-10-8-7-9-11-17;2-1(3,4)5/h7-11,18H,12-16H2,1-6H3;/q+1;-1. The van der Waals surface area contributed by atoms with Crippen LogP contribution in [0.3, 0.4) is 0 Å². The number of halogens is 4. The highest BCUT2D eigenvalue weighted by atomic mass is 19.5. The second-order valence-corrected chi connectivity index (χ2v) is 9.73. The van der Waals surface area contributed by atoms with Crippen LogP contribution < -0.4 is 0 Å². The highest BCUT2D eigenvalue weighted by Gasteiger charge is 2.55. The number of ether oxygens (including phenoxy) is 1. The molecular weight excluding hydrogens is 417 g/mol. The average Bonchev–Trinajstić information content (AvgIpc) is 3.20. The first kappa shape index (κ1) is 27.4. The van der Waals surface area contributed by atoms with Crippen molar-refractivity contribution < 1.29 is 41.1 Å². The summed E-state index contributed by atoms with van der Waals surface area (Å²) in [7, 11) is -6.00. The highest BCUT2D eigenvalue weighted by molar-refractivity contribution is 6.50. The van der Waals surface area contributed by atoms with E-state index in [0.29, 0.717) is 23.7 Å². The van der Waals surface area contributed by atoms with Gasteiger partial charge in [0.25, 0.3) is 0 Å². The van der Waals surface area contributed by atoms with E-state index in [1.165, 1.54) is 5.56 Å². The van der Waals surface area contributed by atoms with E-state index >= 15 is 0 Å². The summed E-state index contributed by atoms with van der Waals surface area (Å²) in [5, 5.41) is 0. The van der Waals surface area contributed by atoms with Gasteiger partial charge in [-0.2, -0.15) is 0 Å². The number of esters is 1. The normalized spacial score (nSPS) is 21.2. The maximum atomic E-state index is 12.4. The van der Waals surface area contributed by atoms with E-state index in [-0.39, 0.29) is 11.6 Å². The van der Waals surface area contributed by atoms with Gasteiger partial charge in [-0.1, -0.05) is 30.3 Å². The van der Waals surface area contributed by atoms with Gasteiger partial charge in [0, 0.05) is 6.42 Å². The van der Waals surface area contributed by atoms with Crippen LogP contribution in [0.2, 0.25) is 0 Å². The van der Waals surface area contributed by atoms with Gasteiger partial charge in [0.15, 0.2) is 6.54 Å². The third-order valence-corrected chi connectivity index (χ3v) is 4.32. The van der Waals surface area contributed by atoms with Crippen molar-refractivity contribution in [2.24, 2.45) is 0 Å². The summed E-state index contributed by atoms with van der Waals surface area (Å²) in [6.07, 6.45) is 0.962. The summed E-state index contributed by atoms with van der Waals surface area (Å²) in [5.74, 6) is -0.148. The van der Waals surface area contributed by atoms with Crippen molar-refractivity contribution in [3.8, 4) is 0 Å². The molecule has 0 bridgehead atoms. The van der Waals surface area contributed by atoms with Crippen LogP contribution in [0.15, 0.2) is 30.3 Å². The zero-order valence-electron chi connectivity index (χ0n) is 19.2. The molecule has 10 heteroatoms. The zero-order valence-corrected chi connectivity index (χ0v) is 19.2. The molecule has 1 aromatic rings. The van der Waals surface area contributed by atoms with E-state index in [1.807, 2.05) is 47.6 Å². The van der Waals surface area contributed by atoms with E-state index in [0.717, 1.165) is 19.5 Å². The topological polar surface area (TPSA) is 44.8 Å². The predicted molar refractivity (Wildman–Crippen MR) is 112 cm³/mol. The van der Waals surface area contributed by atoms with Gasteiger partial charge in [0.1, 0.15) is 31.3 Å². The molecule has 0 aliphatic carbocycles. The van der Waals surface area contributed by atoms with Gasteiger partial charge in [-0.25, -0.2) is 14.6 Å². The molecule has 2 rings (SSSR count). The lowest BCUT2D eigenvalue weighted by Crippen LogP contribution is -2.41. The van der Waals surface area contributed by atoms with Gasteiger partial charge >= 0.3 is 13.2 Å². The van der Waals surface area contributed by atoms with Crippen LogP contribution in [-0.2, 0) is 25.7 Å². The molecule has 0 amide bonds. The molecule has 2 unspecified atom stereocenters. The van der Waals surface area contributed by atoms with Crippen molar-refractivity contribution in [3.63, 3.8) is 0 Å². The Labute approximate surface area is 182 Å². The van der Waals surface area contributed by atoms with E-state index in [2.05, 4.69) is 24.3 Å². The lowest BCUT2D eigenvalue weighted by Gasteiger charge is -2.24. The fourth-order valence-electron chi connectivity index (χ4n) is 3.13. The number of quaternary nitrogens is 1. The van der Waals surface area contributed by atoms with Crippen LogP contribution in [0, 0.1) is 0 Å². The summed E-state index contributed by atoms with van der Waals surface area (Å²) in [5.41, 5.74) is 0.504. The van der Waals surface area contributed by atoms with Gasteiger partial charge in [0.05, 0.1) is 5.60 Å². The Bertz CT molecular complexity index is 683. The number of carbonyl (C=O) groups excluding carboxylic acids is 1. The van der Waals surface area contributed by atoms with E-state index in [9.17, 15) is 22.1 Å². The number of benzene rings is 1. The van der Waals surface area contributed by atoms with Crippen molar-refractivity contribution in [3.05, 3.63) is 35.9 Å². The van der Waals surface area contributed by atoms with Gasteiger partial charge in [-0.3, -0.25) is 0 Å². The van der Waals surface area contributed by atoms with Crippen LogP contribution in [0.4, 0.5) is 17.3 Å². The van der Waals surface area contributed by atoms with E-state index < -0.39 is 12.9 Å². The van der Waals surface area contributed by atoms with Crippen LogP contribution >= 0.6 is 0 Å². The van der Waals surface area contributed by atoms with Gasteiger partial charge in [0.2, 0.25) is 0 Å². The number of nitrogens with zero attached hydrogens (tertiary/aromatic N) is 1. The van der Waals surface area contributed by atoms with Crippen LogP contribution in [-0.4, -0.2) is 61.2 Å². The molecule has 0 radical (unpaired) electrons. The first-order valence-electron chi connectivity index (χ1n) is 10.3. The third kappa shape index (κ3) is 13.4. The largest absolute Gasteiger partial charge is 0.673 e. The molecule has 0 N–H and O–H groups in total. The van der Waals surface area contributed by atoms with Gasteiger partial charge in [-0.05, 0) is 47.1 Å². The predicted octanol–water partition coefficient (Wildman–Crippen LogP) is 4.82. The highest BCUT2D eigenvalue weighted by Crippen LogP contribution is 2.34. The first-order valence-corrected chi connectivity index (χ1v) is 10.3. The Balaban J connectivity index is 0.000000861. The Morgan fingerprint density at radius 3 is 2.06 bits per heavy atom. The maximum absolute atomic E-state index is 12.4.